The Labute approximate surface area is 161 Å². The predicted octanol–water partition coefficient (Wildman–Crippen LogP) is 5.72. The summed E-state index contributed by atoms with van der Waals surface area (Å²) < 4.78 is 0. The fourth-order valence-corrected chi connectivity index (χ4v) is 3.89. The monoisotopic (exact) mass is 370 g/mol. The predicted molar refractivity (Wildman–Crippen MR) is 108 cm³/mol. The number of halogens is 1. The van der Waals surface area contributed by atoms with Crippen LogP contribution in [0.1, 0.15) is 56.1 Å². The maximum atomic E-state index is 10.9. The first-order valence-corrected chi connectivity index (χ1v) is 9.79. The molecule has 0 heterocycles. The molecule has 1 saturated carbocycles. The third-order valence-electron chi connectivity index (χ3n) is 5.51. The quantitative estimate of drug-likeness (QED) is 0.639. The van der Waals surface area contributed by atoms with E-state index >= 15 is 0 Å². The molecule has 1 aliphatic carbocycles. The molecule has 138 valence electrons. The van der Waals surface area contributed by atoms with Crippen molar-refractivity contribution >= 4 is 17.7 Å². The molecule has 2 aromatic rings. The summed E-state index contributed by atoms with van der Waals surface area (Å²) in [4.78, 5) is 0. The van der Waals surface area contributed by atoms with Crippen LogP contribution in [0.2, 0.25) is 5.02 Å². The van der Waals surface area contributed by atoms with Gasteiger partial charge in [0.1, 0.15) is 0 Å². The Kier molecular flexibility index (Phi) is 6.18. The summed E-state index contributed by atoms with van der Waals surface area (Å²) in [6.07, 6.45) is 9.44. The molecule has 0 spiro atoms. The summed E-state index contributed by atoms with van der Waals surface area (Å²) in [6.45, 7) is 0. The zero-order chi connectivity index (χ0) is 18.5. The van der Waals surface area contributed by atoms with Gasteiger partial charge in [0.2, 0.25) is 0 Å². The number of aliphatic hydroxyl groups is 2. The van der Waals surface area contributed by atoms with E-state index in [0.717, 1.165) is 24.8 Å². The number of benzene rings is 2. The number of hydrogen-bond donors (Lipinski definition) is 2. The van der Waals surface area contributed by atoms with Gasteiger partial charge in [0.25, 0.3) is 0 Å². The van der Waals surface area contributed by atoms with E-state index in [9.17, 15) is 10.2 Å². The van der Waals surface area contributed by atoms with E-state index in [4.69, 9.17) is 11.6 Å². The van der Waals surface area contributed by atoms with Crippen molar-refractivity contribution in [1.29, 1.82) is 0 Å². The molecular formula is C23H27ClO2. The van der Waals surface area contributed by atoms with E-state index in [-0.39, 0.29) is 0 Å². The largest absolute Gasteiger partial charge is 0.390 e. The lowest BCUT2D eigenvalue weighted by Crippen LogP contribution is -2.41. The summed E-state index contributed by atoms with van der Waals surface area (Å²) in [6, 6.07) is 17.7. The van der Waals surface area contributed by atoms with Crippen LogP contribution in [0.15, 0.2) is 60.7 Å². The van der Waals surface area contributed by atoms with Crippen LogP contribution in [-0.4, -0.2) is 15.8 Å². The minimum atomic E-state index is -0.843. The van der Waals surface area contributed by atoms with E-state index in [1.807, 2.05) is 42.5 Å². The van der Waals surface area contributed by atoms with Crippen LogP contribution in [0.25, 0.3) is 6.08 Å². The summed E-state index contributed by atoms with van der Waals surface area (Å²) in [7, 11) is 0. The van der Waals surface area contributed by atoms with E-state index in [0.29, 0.717) is 30.7 Å². The minimum absolute atomic E-state index is 0.588. The highest BCUT2D eigenvalue weighted by molar-refractivity contribution is 6.30. The Bertz CT molecular complexity index is 714. The van der Waals surface area contributed by atoms with Crippen LogP contribution in [-0.2, 0) is 5.60 Å². The Morgan fingerprint density at radius 3 is 2.19 bits per heavy atom. The van der Waals surface area contributed by atoms with Crippen molar-refractivity contribution in [2.45, 2.75) is 56.1 Å². The summed E-state index contributed by atoms with van der Waals surface area (Å²) in [5.74, 6) is 0. The molecule has 2 nitrogen and oxygen atoms in total. The first-order valence-electron chi connectivity index (χ1n) is 9.42. The van der Waals surface area contributed by atoms with Gasteiger partial charge < -0.3 is 10.2 Å². The molecule has 0 atom stereocenters. The first-order chi connectivity index (χ1) is 12.5. The van der Waals surface area contributed by atoms with Gasteiger partial charge in [-0.15, -0.1) is 0 Å². The van der Waals surface area contributed by atoms with Crippen molar-refractivity contribution in [3.05, 3.63) is 76.8 Å². The topological polar surface area (TPSA) is 40.5 Å². The second-order valence-electron chi connectivity index (χ2n) is 7.47. The van der Waals surface area contributed by atoms with Crippen LogP contribution < -0.4 is 0 Å². The van der Waals surface area contributed by atoms with Crippen molar-refractivity contribution in [1.82, 2.24) is 0 Å². The molecule has 26 heavy (non-hydrogen) atoms. The maximum absolute atomic E-state index is 10.9. The molecule has 0 aromatic heterocycles. The molecular weight excluding hydrogens is 344 g/mol. The van der Waals surface area contributed by atoms with Crippen LogP contribution in [0.4, 0.5) is 0 Å². The van der Waals surface area contributed by atoms with Crippen molar-refractivity contribution in [3.63, 3.8) is 0 Å². The van der Waals surface area contributed by atoms with Gasteiger partial charge in [0.15, 0.2) is 0 Å². The summed E-state index contributed by atoms with van der Waals surface area (Å²) in [5.41, 5.74) is 0.607. The number of hydrogen-bond acceptors (Lipinski definition) is 2. The lowest BCUT2D eigenvalue weighted by atomic mass is 9.71. The molecule has 0 bridgehead atoms. The van der Waals surface area contributed by atoms with Gasteiger partial charge in [0.05, 0.1) is 11.2 Å². The Hall–Kier alpha value is -1.61. The first kappa shape index (κ1) is 19.2. The average Bonchev–Trinajstić information content (AvgIpc) is 2.66. The second-order valence-corrected chi connectivity index (χ2v) is 7.90. The molecule has 0 radical (unpaired) electrons. The van der Waals surface area contributed by atoms with Gasteiger partial charge in [-0.2, -0.15) is 0 Å². The minimum Gasteiger partial charge on any atom is -0.390 e. The standard InChI is InChI=1S/C23H27ClO2/c24-21-12-10-20(11-13-21)23(26)17-15-22(25,16-18-23)14-6-2-5-9-19-7-3-1-4-8-19/h1,3-5,7-13,25-26H,2,6,14-18H2. The third kappa shape index (κ3) is 4.97. The SMILES string of the molecule is OC1(CCCC=Cc2ccccc2)CCC(O)(c2ccc(Cl)cc2)CC1. The number of allylic oxidation sites excluding steroid dienone is 1. The molecule has 2 N–H and O–H groups in total. The highest BCUT2D eigenvalue weighted by Gasteiger charge is 2.41. The molecule has 0 aliphatic heterocycles. The highest BCUT2D eigenvalue weighted by Crippen LogP contribution is 2.43. The van der Waals surface area contributed by atoms with Gasteiger partial charge in [-0.3, -0.25) is 0 Å². The van der Waals surface area contributed by atoms with Crippen LogP contribution in [0, 0.1) is 0 Å². The van der Waals surface area contributed by atoms with Crippen molar-refractivity contribution in [2.75, 3.05) is 0 Å². The average molecular weight is 371 g/mol. The second kappa shape index (κ2) is 8.39. The smallest absolute Gasteiger partial charge is 0.0898 e. The molecule has 0 unspecified atom stereocenters. The number of rotatable bonds is 6. The lowest BCUT2D eigenvalue weighted by Gasteiger charge is -2.41. The Morgan fingerprint density at radius 2 is 1.54 bits per heavy atom. The molecule has 3 heteroatoms. The van der Waals surface area contributed by atoms with Gasteiger partial charge in [-0.05, 0) is 68.2 Å². The highest BCUT2D eigenvalue weighted by atomic mass is 35.5. The van der Waals surface area contributed by atoms with Crippen molar-refractivity contribution in [2.24, 2.45) is 0 Å². The molecule has 1 aliphatic rings. The Balaban J connectivity index is 1.47. The van der Waals surface area contributed by atoms with Gasteiger partial charge in [-0.25, -0.2) is 0 Å². The van der Waals surface area contributed by atoms with Gasteiger partial charge >= 0.3 is 0 Å². The Morgan fingerprint density at radius 1 is 0.885 bits per heavy atom. The van der Waals surface area contributed by atoms with Crippen molar-refractivity contribution in [3.8, 4) is 0 Å². The zero-order valence-corrected chi connectivity index (χ0v) is 15.8. The van der Waals surface area contributed by atoms with Crippen LogP contribution in [0.3, 0.4) is 0 Å². The van der Waals surface area contributed by atoms with Crippen molar-refractivity contribution < 1.29 is 10.2 Å². The van der Waals surface area contributed by atoms with E-state index < -0.39 is 11.2 Å². The fourth-order valence-electron chi connectivity index (χ4n) is 3.76. The van der Waals surface area contributed by atoms with Gasteiger partial charge in [-0.1, -0.05) is 66.2 Å². The molecule has 2 aromatic carbocycles. The summed E-state index contributed by atoms with van der Waals surface area (Å²) in [5, 5.41) is 22.5. The molecule has 0 saturated heterocycles. The van der Waals surface area contributed by atoms with E-state index in [1.54, 1.807) is 0 Å². The number of unbranched alkanes of at least 4 members (excludes halogenated alkanes) is 1. The molecule has 3 rings (SSSR count). The molecule has 1 fully saturated rings. The van der Waals surface area contributed by atoms with E-state index in [2.05, 4.69) is 24.3 Å². The zero-order valence-electron chi connectivity index (χ0n) is 15.1. The lowest BCUT2D eigenvalue weighted by molar-refractivity contribution is -0.0884. The van der Waals surface area contributed by atoms with Gasteiger partial charge in [0, 0.05) is 5.02 Å². The third-order valence-corrected chi connectivity index (χ3v) is 5.76. The summed E-state index contributed by atoms with van der Waals surface area (Å²) >= 11 is 5.94. The maximum Gasteiger partial charge on any atom is 0.0898 e. The fraction of sp³-hybridized carbons (Fsp3) is 0.391. The van der Waals surface area contributed by atoms with E-state index in [1.165, 1.54) is 5.56 Å². The molecule has 0 amide bonds. The van der Waals surface area contributed by atoms with Crippen LogP contribution in [0.5, 0.6) is 0 Å². The van der Waals surface area contributed by atoms with Crippen LogP contribution >= 0.6 is 11.6 Å². The normalized spacial score (nSPS) is 26.3.